The van der Waals surface area contributed by atoms with E-state index in [-0.39, 0.29) is 0 Å². The smallest absolute Gasteiger partial charge is 0.124 e. The fourth-order valence-electron chi connectivity index (χ4n) is 2.18. The summed E-state index contributed by atoms with van der Waals surface area (Å²) in [6.45, 7) is 3.14. The van der Waals surface area contributed by atoms with Gasteiger partial charge in [0.2, 0.25) is 0 Å². The van der Waals surface area contributed by atoms with Crippen molar-refractivity contribution < 1.29 is 9.84 Å². The van der Waals surface area contributed by atoms with Gasteiger partial charge in [0.05, 0.1) is 13.2 Å². The van der Waals surface area contributed by atoms with E-state index < -0.39 is 6.10 Å². The fraction of sp³-hybridized carbons (Fsp3) is 0.294. The lowest BCUT2D eigenvalue weighted by atomic mass is 10.0. The lowest BCUT2D eigenvalue weighted by molar-refractivity contribution is 0.170. The summed E-state index contributed by atoms with van der Waals surface area (Å²) in [4.78, 5) is 0. The van der Waals surface area contributed by atoms with Gasteiger partial charge in [-0.2, -0.15) is 0 Å². The minimum Gasteiger partial charge on any atom is -0.496 e. The molecular weight excluding hydrogens is 286 g/mol. The minimum atomic E-state index is -0.604. The zero-order valence-electron chi connectivity index (χ0n) is 12.3. The van der Waals surface area contributed by atoms with Crippen LogP contribution >= 0.6 is 11.6 Å². The lowest BCUT2D eigenvalue weighted by Gasteiger charge is -2.16. The van der Waals surface area contributed by atoms with Crippen molar-refractivity contribution in [3.8, 4) is 5.75 Å². The molecule has 0 aromatic heterocycles. The highest BCUT2D eigenvalue weighted by Crippen LogP contribution is 2.25. The van der Waals surface area contributed by atoms with Crippen molar-refractivity contribution in [3.63, 3.8) is 0 Å². The number of aryl methyl sites for hydroxylation is 1. The molecule has 1 unspecified atom stereocenters. The van der Waals surface area contributed by atoms with Crippen molar-refractivity contribution in [1.82, 2.24) is 5.32 Å². The van der Waals surface area contributed by atoms with Gasteiger partial charge in [-0.1, -0.05) is 35.4 Å². The van der Waals surface area contributed by atoms with Crippen molar-refractivity contribution in [2.75, 3.05) is 13.7 Å². The van der Waals surface area contributed by atoms with Crippen molar-refractivity contribution in [2.45, 2.75) is 19.6 Å². The van der Waals surface area contributed by atoms with Crippen LogP contribution < -0.4 is 10.1 Å². The number of halogens is 1. The van der Waals surface area contributed by atoms with Crippen LogP contribution in [0.15, 0.2) is 42.5 Å². The van der Waals surface area contributed by atoms with Crippen LogP contribution in [-0.4, -0.2) is 18.8 Å². The molecule has 0 saturated carbocycles. The van der Waals surface area contributed by atoms with E-state index in [2.05, 4.69) is 5.32 Å². The molecule has 112 valence electrons. The number of benzene rings is 2. The molecule has 0 heterocycles. The van der Waals surface area contributed by atoms with Gasteiger partial charge in [0.15, 0.2) is 0 Å². The molecule has 0 radical (unpaired) electrons. The average molecular weight is 306 g/mol. The van der Waals surface area contributed by atoms with E-state index in [1.807, 2.05) is 49.4 Å². The Kier molecular flexibility index (Phi) is 5.62. The maximum absolute atomic E-state index is 10.3. The van der Waals surface area contributed by atoms with Crippen molar-refractivity contribution >= 4 is 11.6 Å². The Bertz CT molecular complexity index is 584. The van der Waals surface area contributed by atoms with Crippen LogP contribution in [0.2, 0.25) is 5.02 Å². The van der Waals surface area contributed by atoms with E-state index >= 15 is 0 Å². The normalized spacial score (nSPS) is 12.2. The molecular formula is C17H20ClNO2. The standard InChI is InChI=1S/C17H20ClNO2/c1-12-3-8-17(21-2)15(9-12)16(20)11-19-10-13-4-6-14(18)7-5-13/h3-9,16,19-20H,10-11H2,1-2H3. The van der Waals surface area contributed by atoms with Crippen LogP contribution in [0.25, 0.3) is 0 Å². The van der Waals surface area contributed by atoms with Crippen molar-refractivity contribution in [2.24, 2.45) is 0 Å². The van der Waals surface area contributed by atoms with Crippen LogP contribution in [0.5, 0.6) is 5.75 Å². The van der Waals surface area contributed by atoms with Gasteiger partial charge in [-0.25, -0.2) is 0 Å². The highest BCUT2D eigenvalue weighted by atomic mass is 35.5. The van der Waals surface area contributed by atoms with Crippen LogP contribution in [0.3, 0.4) is 0 Å². The Morgan fingerprint density at radius 3 is 2.57 bits per heavy atom. The molecule has 0 bridgehead atoms. The molecule has 2 aromatic rings. The SMILES string of the molecule is COc1ccc(C)cc1C(O)CNCc1ccc(Cl)cc1. The van der Waals surface area contributed by atoms with Crippen LogP contribution in [0.1, 0.15) is 22.8 Å². The molecule has 2 aromatic carbocycles. The number of rotatable bonds is 6. The average Bonchev–Trinajstić information content (AvgIpc) is 2.49. The van der Waals surface area contributed by atoms with Gasteiger partial charge in [0, 0.05) is 23.7 Å². The predicted octanol–water partition coefficient (Wildman–Crippen LogP) is 3.48. The molecule has 1 atom stereocenters. The third-order valence-electron chi connectivity index (χ3n) is 3.32. The number of nitrogens with one attached hydrogen (secondary N) is 1. The number of hydrogen-bond acceptors (Lipinski definition) is 3. The van der Waals surface area contributed by atoms with Gasteiger partial charge in [-0.3, -0.25) is 0 Å². The Labute approximate surface area is 130 Å². The molecule has 0 saturated heterocycles. The summed E-state index contributed by atoms with van der Waals surface area (Å²) < 4.78 is 5.30. The van der Waals surface area contributed by atoms with Crippen LogP contribution in [0.4, 0.5) is 0 Å². The van der Waals surface area contributed by atoms with Crippen LogP contribution in [-0.2, 0) is 6.54 Å². The van der Waals surface area contributed by atoms with E-state index in [0.717, 1.165) is 21.7 Å². The number of ether oxygens (including phenoxy) is 1. The summed E-state index contributed by atoms with van der Waals surface area (Å²) >= 11 is 5.85. The molecule has 21 heavy (non-hydrogen) atoms. The first-order valence-electron chi connectivity index (χ1n) is 6.88. The van der Waals surface area contributed by atoms with Gasteiger partial charge in [0.25, 0.3) is 0 Å². The lowest BCUT2D eigenvalue weighted by Crippen LogP contribution is -2.21. The zero-order valence-corrected chi connectivity index (χ0v) is 13.0. The summed E-state index contributed by atoms with van der Waals surface area (Å²) in [5, 5.41) is 14.3. The summed E-state index contributed by atoms with van der Waals surface area (Å²) in [5.74, 6) is 0.710. The second kappa shape index (κ2) is 7.46. The molecule has 2 rings (SSSR count). The quantitative estimate of drug-likeness (QED) is 0.858. The zero-order chi connectivity index (χ0) is 15.2. The molecule has 2 N–H and O–H groups in total. The Hall–Kier alpha value is -1.55. The van der Waals surface area contributed by atoms with Gasteiger partial charge < -0.3 is 15.2 Å². The van der Waals surface area contributed by atoms with E-state index in [0.29, 0.717) is 18.8 Å². The second-order valence-corrected chi connectivity index (χ2v) is 5.46. The molecule has 0 aliphatic carbocycles. The largest absolute Gasteiger partial charge is 0.496 e. The Balaban J connectivity index is 1.94. The molecule has 0 aliphatic rings. The number of hydrogen-bond donors (Lipinski definition) is 2. The molecule has 0 fully saturated rings. The number of aliphatic hydroxyl groups is 1. The third-order valence-corrected chi connectivity index (χ3v) is 3.58. The molecule has 0 aliphatic heterocycles. The maximum Gasteiger partial charge on any atom is 0.124 e. The van der Waals surface area contributed by atoms with E-state index in [4.69, 9.17) is 16.3 Å². The van der Waals surface area contributed by atoms with Crippen LogP contribution in [0, 0.1) is 6.92 Å². The van der Waals surface area contributed by atoms with Gasteiger partial charge >= 0.3 is 0 Å². The summed E-state index contributed by atoms with van der Waals surface area (Å²) in [6, 6.07) is 13.5. The first kappa shape index (κ1) is 15.8. The van der Waals surface area contributed by atoms with E-state index in [9.17, 15) is 5.11 Å². The number of methoxy groups -OCH3 is 1. The minimum absolute atomic E-state index is 0.461. The fourth-order valence-corrected chi connectivity index (χ4v) is 2.31. The molecule has 4 heteroatoms. The highest BCUT2D eigenvalue weighted by Gasteiger charge is 2.13. The predicted molar refractivity (Wildman–Crippen MR) is 85.8 cm³/mol. The van der Waals surface area contributed by atoms with Gasteiger partial charge in [-0.15, -0.1) is 0 Å². The van der Waals surface area contributed by atoms with E-state index in [1.54, 1.807) is 7.11 Å². The van der Waals surface area contributed by atoms with Gasteiger partial charge in [-0.05, 0) is 36.8 Å². The molecule has 0 amide bonds. The molecule has 0 spiro atoms. The first-order valence-corrected chi connectivity index (χ1v) is 7.25. The Morgan fingerprint density at radius 1 is 1.19 bits per heavy atom. The summed E-state index contributed by atoms with van der Waals surface area (Å²) in [6.07, 6.45) is -0.604. The maximum atomic E-state index is 10.3. The second-order valence-electron chi connectivity index (χ2n) is 5.02. The summed E-state index contributed by atoms with van der Waals surface area (Å²) in [7, 11) is 1.61. The molecule has 3 nitrogen and oxygen atoms in total. The van der Waals surface area contributed by atoms with E-state index in [1.165, 1.54) is 0 Å². The highest BCUT2D eigenvalue weighted by molar-refractivity contribution is 6.30. The number of aliphatic hydroxyl groups excluding tert-OH is 1. The first-order chi connectivity index (χ1) is 10.1. The Morgan fingerprint density at radius 2 is 1.90 bits per heavy atom. The monoisotopic (exact) mass is 305 g/mol. The summed E-state index contributed by atoms with van der Waals surface area (Å²) in [5.41, 5.74) is 3.03. The topological polar surface area (TPSA) is 41.5 Å². The van der Waals surface area contributed by atoms with Crippen molar-refractivity contribution in [3.05, 3.63) is 64.2 Å². The van der Waals surface area contributed by atoms with Gasteiger partial charge in [0.1, 0.15) is 5.75 Å². The third kappa shape index (κ3) is 4.46. The van der Waals surface area contributed by atoms with Crippen molar-refractivity contribution in [1.29, 1.82) is 0 Å².